The van der Waals surface area contributed by atoms with Gasteiger partial charge in [-0.1, -0.05) is 76.3 Å². The molecule has 0 bridgehead atoms. The molecule has 1 unspecified atom stereocenters. The molecule has 30 heteroatoms. The lowest BCUT2D eigenvalue weighted by Crippen LogP contribution is -2.62. The van der Waals surface area contributed by atoms with E-state index in [-0.39, 0.29) is 81.6 Å². The van der Waals surface area contributed by atoms with Gasteiger partial charge in [0.25, 0.3) is 0 Å². The van der Waals surface area contributed by atoms with E-state index in [1.807, 2.05) is 24.3 Å². The Morgan fingerprint density at radius 2 is 1.40 bits per heavy atom. The Kier molecular flexibility index (Phi) is 28.1. The number of aromatic amines is 1. The fourth-order valence-electron chi connectivity index (χ4n) is 10.9. The Morgan fingerprint density at radius 1 is 0.747 bits per heavy atom. The molecule has 1 saturated heterocycles. The maximum absolute atomic E-state index is 15.8. The number of aromatic hydroxyl groups is 1. The molecule has 2 aromatic carbocycles. The number of nitrogens with two attached hydrogens (primary N) is 3. The van der Waals surface area contributed by atoms with Crippen molar-refractivity contribution in [1.29, 1.82) is 0 Å². The van der Waals surface area contributed by atoms with Crippen LogP contribution in [0.1, 0.15) is 109 Å². The first-order chi connectivity index (χ1) is 43.1. The number of aliphatic hydroxyl groups excluding tert-OH is 2. The number of phenols is 1. The SMILES string of the molecule is CN=C(N)NCCC[C@H](NC(=O)[C@H](CC(C)C)N/C=C(\F)C(=O)CNC(=O)[C@H](CC1CCCCC1)NC(=O)[C@@H](NC(=O)[C@H](CC(N)=O)NC(=O)[C@@H]1C(O)CCN1C(=O)[C@@H](Cc1ccc(O)cc1)NC(C)=O)[C@@H](C)O)C(=O)N[C@@H](Cc1c[nH]c2ccccc12)C(N)=O. The molecule has 1 aromatic heterocycles. The highest BCUT2D eigenvalue weighted by atomic mass is 19.1. The number of rotatable bonds is 34. The number of hydrogen-bond acceptors (Lipinski definition) is 16. The minimum Gasteiger partial charge on any atom is -0.508 e. The van der Waals surface area contributed by atoms with Gasteiger partial charge in [0.15, 0.2) is 11.8 Å². The first-order valence-electron chi connectivity index (χ1n) is 30.4. The third kappa shape index (κ3) is 22.7. The average molecular weight is 1270 g/mol. The monoisotopic (exact) mass is 1270 g/mol. The fourth-order valence-corrected chi connectivity index (χ4v) is 10.9. The number of hydrogen-bond donors (Lipinski definition) is 16. The summed E-state index contributed by atoms with van der Waals surface area (Å²) in [6.07, 6.45) is 2.37. The average Bonchev–Trinajstić information content (AvgIpc) is 2.00. The number of amides is 10. The number of fused-ring (bicyclic) bond motifs is 1. The molecule has 2 aliphatic rings. The summed E-state index contributed by atoms with van der Waals surface area (Å²) in [4.78, 5) is 157. The molecule has 10 amide bonds. The molecular formula is C61H88FN15O14. The second-order valence-corrected chi connectivity index (χ2v) is 23.5. The van der Waals surface area contributed by atoms with Gasteiger partial charge in [-0.3, -0.25) is 57.7 Å². The molecule has 1 aliphatic heterocycles. The van der Waals surface area contributed by atoms with Crippen LogP contribution >= 0.6 is 0 Å². The predicted octanol–water partition coefficient (Wildman–Crippen LogP) is -1.92. The molecule has 1 aliphatic carbocycles. The zero-order chi connectivity index (χ0) is 67.1. The topological polar surface area (TPSA) is 466 Å². The molecule has 10 atom stereocenters. The molecule has 3 aromatic rings. The number of primary amides is 2. The number of ketones is 1. The van der Waals surface area contributed by atoms with Crippen LogP contribution in [0.25, 0.3) is 10.9 Å². The van der Waals surface area contributed by atoms with E-state index in [1.54, 1.807) is 20.0 Å². The highest BCUT2D eigenvalue weighted by Crippen LogP contribution is 2.28. The third-order valence-corrected chi connectivity index (χ3v) is 15.7. The van der Waals surface area contributed by atoms with Crippen molar-refractivity contribution in [2.45, 2.75) is 172 Å². The van der Waals surface area contributed by atoms with Crippen LogP contribution in [0.2, 0.25) is 0 Å². The van der Waals surface area contributed by atoms with E-state index in [9.17, 15) is 68.1 Å². The number of halogens is 1. The number of carbonyl (C=O) groups excluding carboxylic acids is 11. The Morgan fingerprint density at radius 3 is 2.03 bits per heavy atom. The quantitative estimate of drug-likeness (QED) is 0.0134. The van der Waals surface area contributed by atoms with E-state index in [2.05, 4.69) is 57.8 Å². The van der Waals surface area contributed by atoms with Crippen molar-refractivity contribution >= 4 is 81.7 Å². The fraction of sp³-hybridized carbons (Fsp3) is 0.541. The van der Waals surface area contributed by atoms with Gasteiger partial charge < -0.3 is 90.3 Å². The Hall–Kier alpha value is -9.19. The van der Waals surface area contributed by atoms with Crippen molar-refractivity contribution in [1.82, 2.24) is 57.7 Å². The molecule has 498 valence electrons. The Labute approximate surface area is 526 Å². The van der Waals surface area contributed by atoms with E-state index in [0.29, 0.717) is 30.2 Å². The second-order valence-electron chi connectivity index (χ2n) is 23.5. The Balaban J connectivity index is 1.26. The van der Waals surface area contributed by atoms with E-state index >= 15 is 4.39 Å². The van der Waals surface area contributed by atoms with Gasteiger partial charge in [0.2, 0.25) is 64.9 Å². The number of Topliss-reactive ketones (excluding diaryl/α,β-unsaturated/α-hetero) is 1. The number of phenolic OH excluding ortho intramolecular Hbond substituents is 1. The molecule has 29 nitrogen and oxygen atoms in total. The summed E-state index contributed by atoms with van der Waals surface area (Å²) in [5, 5.41) is 55.3. The minimum atomic E-state index is -1.87. The van der Waals surface area contributed by atoms with Gasteiger partial charge in [-0.15, -0.1) is 0 Å². The summed E-state index contributed by atoms with van der Waals surface area (Å²) in [6.45, 7) is 5.00. The number of carbonyl (C=O) groups is 11. The molecule has 2 heterocycles. The molecule has 1 saturated carbocycles. The summed E-state index contributed by atoms with van der Waals surface area (Å²) in [5.74, 6) is -12.1. The van der Waals surface area contributed by atoms with Crippen LogP contribution in [0.15, 0.2) is 71.7 Å². The standard InChI is InChI=1S/C61H88FN15O14/c1-32(2)24-44(56(87)72-42(16-11-22-67-61(65)66-5)55(86)73-43(53(64)84)27-37-29-68-41-15-10-9-14-39(37)41)69-30-40(62)49(82)31-70-54(85)45(25-35-12-7-6-8-13-35)74-58(89)51(33(3)78)76-57(88)46(28-50(63)83)75-59(90)52-48(81)21-23-77(52)60(91)47(71-34(4)79)26-36-17-19-38(80)20-18-36/h9-10,14-15,17-20,29-30,32-33,35,42-48,51-52,68-69,78,80-81H,6-8,11-13,16,21-28,31H2,1-5H3,(H2,63,83)(H2,64,84)(H,70,85)(H,71,79)(H,72,87)(H,73,86)(H,74,89)(H,75,90)(H,76,88)(H3,65,66,67)/b40-30-/t33-,42+,43+,44+,45+,46+,47-,48?,51+,52+/m1/s1. The second kappa shape index (κ2) is 35.3. The number of aliphatic hydroxyl groups is 2. The number of aromatic nitrogens is 1. The first-order valence-corrected chi connectivity index (χ1v) is 30.4. The number of guanidine groups is 1. The summed E-state index contributed by atoms with van der Waals surface area (Å²) in [5.41, 5.74) is 19.1. The van der Waals surface area contributed by atoms with E-state index < -0.39 is 144 Å². The lowest BCUT2D eigenvalue weighted by Gasteiger charge is -2.31. The molecule has 0 radical (unpaired) electrons. The molecule has 19 N–H and O–H groups in total. The maximum atomic E-state index is 15.8. The van der Waals surface area contributed by atoms with Gasteiger partial charge in [0.05, 0.1) is 25.2 Å². The predicted molar refractivity (Wildman–Crippen MR) is 331 cm³/mol. The van der Waals surface area contributed by atoms with Gasteiger partial charge in [0.1, 0.15) is 54.1 Å². The van der Waals surface area contributed by atoms with Crippen LogP contribution in [0.5, 0.6) is 5.75 Å². The van der Waals surface area contributed by atoms with Crippen molar-refractivity contribution < 1.29 is 72.4 Å². The summed E-state index contributed by atoms with van der Waals surface area (Å²) < 4.78 is 15.8. The van der Waals surface area contributed by atoms with Crippen molar-refractivity contribution in [2.75, 3.05) is 26.7 Å². The number of aliphatic imine (C=N–C) groups is 1. The maximum Gasteiger partial charge on any atom is 0.246 e. The van der Waals surface area contributed by atoms with Gasteiger partial charge in [-0.05, 0) is 80.2 Å². The lowest BCUT2D eigenvalue weighted by atomic mass is 9.84. The summed E-state index contributed by atoms with van der Waals surface area (Å²) in [6, 6.07) is 1.40. The van der Waals surface area contributed by atoms with Crippen LogP contribution in [0, 0.1) is 11.8 Å². The lowest BCUT2D eigenvalue weighted by molar-refractivity contribution is -0.144. The number of benzene rings is 2. The van der Waals surface area contributed by atoms with E-state index in [0.717, 1.165) is 42.0 Å². The van der Waals surface area contributed by atoms with Crippen LogP contribution < -0.4 is 65.1 Å². The third-order valence-electron chi connectivity index (χ3n) is 15.7. The largest absolute Gasteiger partial charge is 0.508 e. The van der Waals surface area contributed by atoms with Crippen molar-refractivity contribution in [3.05, 3.63) is 77.9 Å². The smallest absolute Gasteiger partial charge is 0.246 e. The number of para-hydroxylation sites is 1. The van der Waals surface area contributed by atoms with Crippen molar-refractivity contribution in [3.63, 3.8) is 0 Å². The zero-order valence-corrected chi connectivity index (χ0v) is 51.9. The van der Waals surface area contributed by atoms with Crippen molar-refractivity contribution in [3.8, 4) is 5.75 Å². The molecule has 91 heavy (non-hydrogen) atoms. The van der Waals surface area contributed by atoms with Gasteiger partial charge in [-0.25, -0.2) is 4.39 Å². The molecule has 5 rings (SSSR count). The van der Waals surface area contributed by atoms with Gasteiger partial charge >= 0.3 is 0 Å². The van der Waals surface area contributed by atoms with Crippen LogP contribution in [-0.4, -0.2) is 183 Å². The normalized spacial score (nSPS) is 18.0. The zero-order valence-electron chi connectivity index (χ0n) is 51.9. The van der Waals surface area contributed by atoms with Crippen LogP contribution in [0.3, 0.4) is 0 Å². The highest BCUT2D eigenvalue weighted by Gasteiger charge is 2.45. The number of nitrogens with one attached hydrogen (secondary N) is 10. The van der Waals surface area contributed by atoms with Crippen LogP contribution in [0.4, 0.5) is 4.39 Å². The van der Waals surface area contributed by atoms with E-state index in [4.69, 9.17) is 17.2 Å². The molecule has 0 spiro atoms. The van der Waals surface area contributed by atoms with E-state index in [1.165, 1.54) is 38.2 Å². The Bertz CT molecular complexity index is 3110. The highest BCUT2D eigenvalue weighted by molar-refractivity contribution is 6.00. The van der Waals surface area contributed by atoms with Crippen LogP contribution in [-0.2, 0) is 65.6 Å². The number of H-pyrrole nitrogens is 1. The summed E-state index contributed by atoms with van der Waals surface area (Å²) >= 11 is 0. The minimum absolute atomic E-state index is 0.0129. The molecular weight excluding hydrogens is 1190 g/mol. The first kappa shape index (κ1) is 72.6. The van der Waals surface area contributed by atoms with Gasteiger partial charge in [-0.2, -0.15) is 0 Å². The summed E-state index contributed by atoms with van der Waals surface area (Å²) in [7, 11) is 1.48. The number of likely N-dealkylation sites (tertiary alicyclic amines) is 1. The van der Waals surface area contributed by atoms with Gasteiger partial charge in [0, 0.05) is 63.2 Å². The molecule has 2 fully saturated rings. The number of nitrogens with zero attached hydrogens (tertiary/aromatic N) is 2. The van der Waals surface area contributed by atoms with Crippen molar-refractivity contribution in [2.24, 2.45) is 34.0 Å².